The van der Waals surface area contributed by atoms with Gasteiger partial charge in [0, 0.05) is 6.54 Å². The van der Waals surface area contributed by atoms with E-state index in [1.807, 2.05) is 11.5 Å². The van der Waals surface area contributed by atoms with Gasteiger partial charge >= 0.3 is 0 Å². The normalized spacial score (nSPS) is 10.5. The van der Waals surface area contributed by atoms with Gasteiger partial charge < -0.3 is 9.88 Å². The maximum atomic E-state index is 12.0. The lowest BCUT2D eigenvalue weighted by Crippen LogP contribution is -2.24. The fourth-order valence-electron chi connectivity index (χ4n) is 1.69. The first-order chi connectivity index (χ1) is 9.67. The van der Waals surface area contributed by atoms with Gasteiger partial charge in [-0.2, -0.15) is 5.10 Å². The lowest BCUT2D eigenvalue weighted by Gasteiger charge is -2.09. The van der Waals surface area contributed by atoms with Gasteiger partial charge in [0.2, 0.25) is 0 Å². The maximum Gasteiger partial charge on any atom is 0.283 e. The molecule has 2 rings (SSSR count). The molecule has 1 N–H and O–H groups in total. The van der Waals surface area contributed by atoms with E-state index in [1.54, 1.807) is 18.6 Å². The molecule has 0 saturated carbocycles. The van der Waals surface area contributed by atoms with Crippen LogP contribution in [0.1, 0.15) is 12.7 Å². The summed E-state index contributed by atoms with van der Waals surface area (Å²) in [6, 6.07) is 0. The average Bonchev–Trinajstić information content (AvgIpc) is 2.91. The molecule has 0 spiro atoms. The zero-order chi connectivity index (χ0) is 14.5. The third-order valence-electron chi connectivity index (χ3n) is 2.76. The Morgan fingerprint density at radius 3 is 3.05 bits per heavy atom. The van der Waals surface area contributed by atoms with Crippen LogP contribution in [-0.2, 0) is 19.6 Å². The molecule has 2 aromatic rings. The Hall–Kier alpha value is -1.96. The van der Waals surface area contributed by atoms with Crippen LogP contribution in [0.2, 0.25) is 0 Å². The zero-order valence-electron chi connectivity index (χ0n) is 11.1. The molecular formula is C12H15BrN6O. The van der Waals surface area contributed by atoms with Crippen molar-refractivity contribution in [2.45, 2.75) is 26.6 Å². The summed E-state index contributed by atoms with van der Waals surface area (Å²) in [6.07, 6.45) is 4.89. The van der Waals surface area contributed by atoms with Crippen LogP contribution in [0.15, 0.2) is 34.4 Å². The van der Waals surface area contributed by atoms with Gasteiger partial charge in [-0.3, -0.25) is 4.79 Å². The van der Waals surface area contributed by atoms with E-state index in [4.69, 9.17) is 0 Å². The van der Waals surface area contributed by atoms with Crippen LogP contribution in [-0.4, -0.2) is 24.5 Å². The van der Waals surface area contributed by atoms with Crippen molar-refractivity contribution >= 4 is 21.6 Å². The first-order valence-corrected chi connectivity index (χ1v) is 6.93. The van der Waals surface area contributed by atoms with Gasteiger partial charge in [-0.1, -0.05) is 6.08 Å². The molecule has 0 fully saturated rings. The van der Waals surface area contributed by atoms with Gasteiger partial charge in [0.05, 0.1) is 25.0 Å². The molecule has 106 valence electrons. The lowest BCUT2D eigenvalue weighted by molar-refractivity contribution is 0.648. The molecule has 0 aliphatic heterocycles. The number of rotatable bonds is 6. The van der Waals surface area contributed by atoms with Gasteiger partial charge in [0.25, 0.3) is 5.56 Å². The second-order valence-electron chi connectivity index (χ2n) is 4.03. The molecule has 8 heteroatoms. The Morgan fingerprint density at radius 1 is 1.55 bits per heavy atom. The smallest absolute Gasteiger partial charge is 0.283 e. The number of anilines is 1. The Bertz CT molecular complexity index is 662. The van der Waals surface area contributed by atoms with Crippen LogP contribution < -0.4 is 10.9 Å². The van der Waals surface area contributed by atoms with Crippen molar-refractivity contribution in [2.75, 3.05) is 5.32 Å². The van der Waals surface area contributed by atoms with Gasteiger partial charge in [0.15, 0.2) is 5.82 Å². The summed E-state index contributed by atoms with van der Waals surface area (Å²) in [7, 11) is 0. The molecule has 2 heterocycles. The molecule has 0 aliphatic carbocycles. The highest BCUT2D eigenvalue weighted by Crippen LogP contribution is 2.16. The summed E-state index contributed by atoms with van der Waals surface area (Å²) < 4.78 is 3.70. The van der Waals surface area contributed by atoms with Crippen LogP contribution in [0.5, 0.6) is 0 Å². The molecule has 0 aromatic carbocycles. The molecule has 0 atom stereocenters. The van der Waals surface area contributed by atoms with E-state index in [1.165, 1.54) is 4.68 Å². The van der Waals surface area contributed by atoms with Gasteiger partial charge in [-0.05, 0) is 22.9 Å². The highest BCUT2D eigenvalue weighted by atomic mass is 79.9. The predicted molar refractivity (Wildman–Crippen MR) is 79.4 cm³/mol. The molecule has 0 amide bonds. The summed E-state index contributed by atoms with van der Waals surface area (Å²) in [6.45, 7) is 7.25. The maximum absolute atomic E-state index is 12.0. The van der Waals surface area contributed by atoms with Gasteiger partial charge in [0.1, 0.15) is 10.8 Å². The quantitative estimate of drug-likeness (QED) is 0.806. The monoisotopic (exact) mass is 338 g/mol. The Kier molecular flexibility index (Phi) is 4.67. The molecule has 0 aliphatic rings. The van der Waals surface area contributed by atoms with Gasteiger partial charge in [-0.25, -0.2) is 4.68 Å². The van der Waals surface area contributed by atoms with E-state index in [-0.39, 0.29) is 5.56 Å². The van der Waals surface area contributed by atoms with Crippen molar-refractivity contribution in [2.24, 2.45) is 0 Å². The van der Waals surface area contributed by atoms with Crippen molar-refractivity contribution < 1.29 is 0 Å². The second kappa shape index (κ2) is 6.47. The lowest BCUT2D eigenvalue weighted by atomic mass is 10.4. The SMILES string of the molecule is C=CCn1ncc(NCc2nncn2CC)c(Br)c1=O. The fourth-order valence-corrected chi connectivity index (χ4v) is 2.14. The molecule has 0 saturated heterocycles. The number of hydrogen-bond acceptors (Lipinski definition) is 5. The summed E-state index contributed by atoms with van der Waals surface area (Å²) in [4.78, 5) is 12.0. The Balaban J connectivity index is 2.16. The van der Waals surface area contributed by atoms with E-state index in [9.17, 15) is 4.79 Å². The number of nitrogens with zero attached hydrogens (tertiary/aromatic N) is 5. The second-order valence-corrected chi connectivity index (χ2v) is 4.83. The van der Waals surface area contributed by atoms with Crippen molar-refractivity contribution in [1.82, 2.24) is 24.5 Å². The van der Waals surface area contributed by atoms with Crippen molar-refractivity contribution in [1.29, 1.82) is 0 Å². The minimum Gasteiger partial charge on any atom is -0.375 e. The van der Waals surface area contributed by atoms with Crippen molar-refractivity contribution in [3.05, 3.63) is 45.8 Å². The van der Waals surface area contributed by atoms with E-state index in [0.29, 0.717) is 23.2 Å². The Labute approximate surface area is 124 Å². The van der Waals surface area contributed by atoms with Crippen LogP contribution in [0.3, 0.4) is 0 Å². The summed E-state index contributed by atoms with van der Waals surface area (Å²) in [5.41, 5.74) is 0.424. The molecular weight excluding hydrogens is 324 g/mol. The van der Waals surface area contributed by atoms with E-state index < -0.39 is 0 Å². The van der Waals surface area contributed by atoms with E-state index in [0.717, 1.165) is 12.4 Å². The van der Waals surface area contributed by atoms with Crippen molar-refractivity contribution in [3.63, 3.8) is 0 Å². The first kappa shape index (κ1) is 14.4. The number of aryl methyl sites for hydroxylation is 1. The minimum atomic E-state index is -0.202. The number of allylic oxidation sites excluding steroid dienone is 1. The highest BCUT2D eigenvalue weighted by molar-refractivity contribution is 9.10. The molecule has 2 aromatic heterocycles. The fraction of sp³-hybridized carbons (Fsp3) is 0.333. The molecule has 20 heavy (non-hydrogen) atoms. The van der Waals surface area contributed by atoms with Crippen LogP contribution in [0, 0.1) is 0 Å². The summed E-state index contributed by atoms with van der Waals surface area (Å²) in [5.74, 6) is 0.801. The summed E-state index contributed by atoms with van der Waals surface area (Å²) >= 11 is 3.29. The molecule has 0 unspecified atom stereocenters. The van der Waals surface area contributed by atoms with E-state index in [2.05, 4.69) is 43.1 Å². The number of halogens is 1. The largest absolute Gasteiger partial charge is 0.375 e. The third-order valence-corrected chi connectivity index (χ3v) is 3.53. The van der Waals surface area contributed by atoms with E-state index >= 15 is 0 Å². The molecule has 7 nitrogen and oxygen atoms in total. The topological polar surface area (TPSA) is 77.6 Å². The highest BCUT2D eigenvalue weighted by Gasteiger charge is 2.09. The number of nitrogens with one attached hydrogen (secondary N) is 1. The number of hydrogen-bond donors (Lipinski definition) is 1. The predicted octanol–water partition coefficient (Wildman–Crippen LogP) is 1.42. The standard InChI is InChI=1S/C12H15BrN6O/c1-3-5-19-12(20)11(13)9(6-16-19)14-7-10-17-15-8-18(10)4-2/h3,6,8,14H,1,4-5,7H2,2H3. The first-order valence-electron chi connectivity index (χ1n) is 6.14. The van der Waals surface area contributed by atoms with Crippen LogP contribution in [0.25, 0.3) is 0 Å². The molecule has 0 radical (unpaired) electrons. The van der Waals surface area contributed by atoms with Crippen LogP contribution in [0.4, 0.5) is 5.69 Å². The van der Waals surface area contributed by atoms with Crippen LogP contribution >= 0.6 is 15.9 Å². The average molecular weight is 339 g/mol. The summed E-state index contributed by atoms with van der Waals surface area (Å²) in [5, 5.41) is 15.1. The van der Waals surface area contributed by atoms with Gasteiger partial charge in [-0.15, -0.1) is 16.8 Å². The minimum absolute atomic E-state index is 0.202. The number of aromatic nitrogens is 5. The third kappa shape index (κ3) is 2.96. The zero-order valence-corrected chi connectivity index (χ0v) is 12.7. The Morgan fingerprint density at radius 2 is 2.35 bits per heavy atom. The van der Waals surface area contributed by atoms with Crippen molar-refractivity contribution in [3.8, 4) is 0 Å². The molecule has 0 bridgehead atoms.